The molecule has 1 N–H and O–H groups in total. The Kier molecular flexibility index (Phi) is 3.99. The predicted octanol–water partition coefficient (Wildman–Crippen LogP) is 3.49. The summed E-state index contributed by atoms with van der Waals surface area (Å²) in [6, 6.07) is 7.54. The number of ketones is 1. The third kappa shape index (κ3) is 2.96. The summed E-state index contributed by atoms with van der Waals surface area (Å²) in [5, 5.41) is 20.4. The van der Waals surface area contributed by atoms with Gasteiger partial charge in [0.1, 0.15) is 11.6 Å². The molecule has 24 heavy (non-hydrogen) atoms. The number of hydrogen-bond acceptors (Lipinski definition) is 5. The lowest BCUT2D eigenvalue weighted by molar-refractivity contribution is -0.385. The van der Waals surface area contributed by atoms with Crippen molar-refractivity contribution in [2.45, 2.75) is 6.42 Å². The number of carbonyl (C=O) groups is 1. The quantitative estimate of drug-likeness (QED) is 0.517. The van der Waals surface area contributed by atoms with E-state index in [-0.39, 0.29) is 18.6 Å². The minimum atomic E-state index is -0.708. The molecular formula is C17H12FNO5. The molecule has 0 aliphatic carbocycles. The summed E-state index contributed by atoms with van der Waals surface area (Å²) in [6.07, 6.45) is 1.77. The van der Waals surface area contributed by atoms with Crippen molar-refractivity contribution in [3.05, 3.63) is 69.0 Å². The van der Waals surface area contributed by atoms with E-state index in [0.29, 0.717) is 16.9 Å². The Morgan fingerprint density at radius 3 is 2.79 bits per heavy atom. The number of nitrogens with zero attached hydrogens (tertiary/aromatic N) is 1. The number of phenolic OH excluding ortho intramolecular Hbond substituents is 1. The van der Waals surface area contributed by atoms with Crippen molar-refractivity contribution in [3.8, 4) is 11.5 Å². The number of nitro benzene ring substituents is 1. The molecular weight excluding hydrogens is 317 g/mol. The number of fused-ring (bicyclic) bond motifs is 1. The average molecular weight is 329 g/mol. The van der Waals surface area contributed by atoms with Gasteiger partial charge in [0.2, 0.25) is 0 Å². The van der Waals surface area contributed by atoms with Crippen molar-refractivity contribution < 1.29 is 24.0 Å². The van der Waals surface area contributed by atoms with Crippen molar-refractivity contribution in [2.24, 2.45) is 0 Å². The second kappa shape index (κ2) is 6.11. The summed E-state index contributed by atoms with van der Waals surface area (Å²) in [4.78, 5) is 22.8. The van der Waals surface area contributed by atoms with Crippen LogP contribution in [-0.2, 0) is 0 Å². The van der Waals surface area contributed by atoms with E-state index in [9.17, 15) is 24.4 Å². The lowest BCUT2D eigenvalue weighted by Gasteiger charge is -2.05. The van der Waals surface area contributed by atoms with Gasteiger partial charge in [-0.05, 0) is 35.9 Å². The molecule has 6 nitrogen and oxygen atoms in total. The maximum Gasteiger partial charge on any atom is 0.311 e. The van der Waals surface area contributed by atoms with Crippen LogP contribution in [0.1, 0.15) is 22.3 Å². The highest BCUT2D eigenvalue weighted by atomic mass is 19.1. The van der Waals surface area contributed by atoms with Crippen LogP contribution >= 0.6 is 0 Å². The number of Topliss-reactive ketones (excluding diaryl/α,β-unsaturated/α-hetero) is 1. The highest BCUT2D eigenvalue weighted by molar-refractivity contribution is 6.13. The summed E-state index contributed by atoms with van der Waals surface area (Å²) in [5.74, 6) is -1.09. The third-order valence-electron chi connectivity index (χ3n) is 3.64. The summed E-state index contributed by atoms with van der Waals surface area (Å²) >= 11 is 0. The lowest BCUT2D eigenvalue weighted by Crippen LogP contribution is -2.02. The van der Waals surface area contributed by atoms with Gasteiger partial charge in [0.05, 0.1) is 17.1 Å². The number of ether oxygens (including phenoxy) is 1. The molecule has 0 amide bonds. The average Bonchev–Trinajstić information content (AvgIpc) is 2.69. The van der Waals surface area contributed by atoms with Gasteiger partial charge in [0.15, 0.2) is 11.5 Å². The summed E-state index contributed by atoms with van der Waals surface area (Å²) in [5.41, 5.74) is 0.405. The van der Waals surface area contributed by atoms with E-state index >= 15 is 0 Å². The van der Waals surface area contributed by atoms with Gasteiger partial charge < -0.3 is 9.84 Å². The molecule has 0 saturated heterocycles. The highest BCUT2D eigenvalue weighted by Gasteiger charge is 2.22. The molecule has 0 bridgehead atoms. The number of nitro groups is 1. The molecule has 7 heteroatoms. The smallest absolute Gasteiger partial charge is 0.311 e. The van der Waals surface area contributed by atoms with Crippen molar-refractivity contribution >= 4 is 17.5 Å². The van der Waals surface area contributed by atoms with Gasteiger partial charge in [-0.2, -0.15) is 0 Å². The van der Waals surface area contributed by atoms with E-state index in [1.54, 1.807) is 0 Å². The van der Waals surface area contributed by atoms with Crippen LogP contribution in [0.2, 0.25) is 0 Å². The molecule has 1 aliphatic rings. The lowest BCUT2D eigenvalue weighted by atomic mass is 9.98. The van der Waals surface area contributed by atoms with Gasteiger partial charge in [-0.1, -0.05) is 6.07 Å². The molecule has 0 aromatic heterocycles. The van der Waals surface area contributed by atoms with Crippen molar-refractivity contribution in [1.82, 2.24) is 0 Å². The third-order valence-corrected chi connectivity index (χ3v) is 3.64. The Balaban J connectivity index is 2.03. The molecule has 2 aromatic rings. The summed E-state index contributed by atoms with van der Waals surface area (Å²) in [6.45, 7) is 0.233. The fourth-order valence-corrected chi connectivity index (χ4v) is 2.48. The minimum Gasteiger partial charge on any atom is -0.502 e. The zero-order chi connectivity index (χ0) is 17.3. The molecule has 3 rings (SSSR count). The van der Waals surface area contributed by atoms with Crippen LogP contribution in [0.4, 0.5) is 10.1 Å². The Bertz CT molecular complexity index is 875. The summed E-state index contributed by atoms with van der Waals surface area (Å²) < 4.78 is 18.9. The largest absolute Gasteiger partial charge is 0.502 e. The first-order chi connectivity index (χ1) is 11.5. The minimum absolute atomic E-state index is 0.118. The molecule has 2 aromatic carbocycles. The monoisotopic (exact) mass is 329 g/mol. The zero-order valence-electron chi connectivity index (χ0n) is 12.4. The molecule has 0 radical (unpaired) electrons. The van der Waals surface area contributed by atoms with Crippen LogP contribution in [0.5, 0.6) is 11.5 Å². The molecule has 1 heterocycles. The second-order valence-corrected chi connectivity index (χ2v) is 5.24. The maximum absolute atomic E-state index is 13.4. The fourth-order valence-electron chi connectivity index (χ4n) is 2.48. The number of phenols is 1. The fraction of sp³-hybridized carbons (Fsp3) is 0.118. The van der Waals surface area contributed by atoms with E-state index in [0.717, 1.165) is 6.07 Å². The maximum atomic E-state index is 13.4. The number of aromatic hydroxyl groups is 1. The van der Waals surface area contributed by atoms with Crippen LogP contribution in [0.3, 0.4) is 0 Å². The van der Waals surface area contributed by atoms with Gasteiger partial charge in [0.25, 0.3) is 0 Å². The van der Waals surface area contributed by atoms with E-state index < -0.39 is 28.0 Å². The summed E-state index contributed by atoms with van der Waals surface area (Å²) in [7, 11) is 0. The van der Waals surface area contributed by atoms with E-state index in [1.165, 1.54) is 36.4 Å². The van der Waals surface area contributed by atoms with Crippen LogP contribution in [-0.4, -0.2) is 22.4 Å². The Morgan fingerprint density at radius 1 is 1.25 bits per heavy atom. The van der Waals surface area contributed by atoms with Crippen molar-refractivity contribution in [1.29, 1.82) is 0 Å². The number of rotatable bonds is 2. The molecule has 1 aliphatic heterocycles. The number of carbonyl (C=O) groups excluding carboxylic acids is 1. The first kappa shape index (κ1) is 15.7. The number of benzene rings is 2. The molecule has 0 fully saturated rings. The van der Waals surface area contributed by atoms with Gasteiger partial charge in [-0.15, -0.1) is 0 Å². The van der Waals surface area contributed by atoms with E-state index in [1.807, 2.05) is 0 Å². The van der Waals surface area contributed by atoms with Gasteiger partial charge >= 0.3 is 5.69 Å². The van der Waals surface area contributed by atoms with Gasteiger partial charge in [0, 0.05) is 18.1 Å². The predicted molar refractivity (Wildman–Crippen MR) is 83.6 cm³/mol. The Labute approximate surface area is 136 Å². The number of halogens is 1. The van der Waals surface area contributed by atoms with Crippen LogP contribution in [0.25, 0.3) is 6.08 Å². The van der Waals surface area contributed by atoms with Crippen LogP contribution in [0, 0.1) is 15.9 Å². The molecule has 0 atom stereocenters. The molecule has 0 unspecified atom stereocenters. The molecule has 122 valence electrons. The normalized spacial score (nSPS) is 15.5. The van der Waals surface area contributed by atoms with Crippen LogP contribution < -0.4 is 4.74 Å². The molecule has 0 saturated carbocycles. The highest BCUT2D eigenvalue weighted by Crippen LogP contribution is 2.31. The molecule has 0 spiro atoms. The first-order valence-electron chi connectivity index (χ1n) is 7.11. The Morgan fingerprint density at radius 2 is 2.04 bits per heavy atom. The topological polar surface area (TPSA) is 89.7 Å². The Hall–Kier alpha value is -3.22. The standard InChI is InChI=1S/C17H12FNO5/c18-12-2-4-16-13(9-12)17(21)11(5-6-24-16)7-10-1-3-15(20)14(8-10)19(22)23/h1-4,7-9,20H,5-6H2/b11-7+. The SMILES string of the molecule is O=C1/C(=C/c2ccc(O)c([N+](=O)[O-])c2)CCOc2ccc(F)cc21. The van der Waals surface area contributed by atoms with E-state index in [4.69, 9.17) is 4.74 Å². The van der Waals surface area contributed by atoms with Gasteiger partial charge in [-0.3, -0.25) is 14.9 Å². The van der Waals surface area contributed by atoms with E-state index in [2.05, 4.69) is 0 Å². The van der Waals surface area contributed by atoms with Gasteiger partial charge in [-0.25, -0.2) is 4.39 Å². The first-order valence-corrected chi connectivity index (χ1v) is 7.11. The van der Waals surface area contributed by atoms with Crippen molar-refractivity contribution in [2.75, 3.05) is 6.61 Å². The second-order valence-electron chi connectivity index (χ2n) is 5.24. The number of hydrogen-bond donors (Lipinski definition) is 1. The van der Waals surface area contributed by atoms with Crippen molar-refractivity contribution in [3.63, 3.8) is 0 Å². The zero-order valence-corrected chi connectivity index (χ0v) is 12.4. The van der Waals surface area contributed by atoms with Crippen LogP contribution in [0.15, 0.2) is 42.0 Å².